The Labute approximate surface area is 157 Å². The maximum atomic E-state index is 12.6. The summed E-state index contributed by atoms with van der Waals surface area (Å²) in [7, 11) is 1.57. The van der Waals surface area contributed by atoms with Crippen LogP contribution in [-0.2, 0) is 29.1 Å². The Kier molecular flexibility index (Phi) is 4.79. The quantitative estimate of drug-likeness (QED) is 0.858. The van der Waals surface area contributed by atoms with Crippen molar-refractivity contribution < 1.29 is 14.3 Å². The highest BCUT2D eigenvalue weighted by Crippen LogP contribution is 2.32. The van der Waals surface area contributed by atoms with E-state index in [1.54, 1.807) is 12.0 Å². The van der Waals surface area contributed by atoms with E-state index in [-0.39, 0.29) is 24.2 Å². The monoisotopic (exact) mass is 369 g/mol. The molecule has 2 aliphatic rings. The number of aryl methyl sites for hydroxylation is 1. The van der Waals surface area contributed by atoms with Crippen molar-refractivity contribution in [1.29, 1.82) is 0 Å². The van der Waals surface area contributed by atoms with Crippen LogP contribution in [0.2, 0.25) is 0 Å². The molecule has 1 aromatic carbocycles. The molecule has 1 N–H and O–H groups in total. The predicted molar refractivity (Wildman–Crippen MR) is 98.3 cm³/mol. The number of benzene rings is 1. The summed E-state index contributed by atoms with van der Waals surface area (Å²) < 4.78 is 7.43. The zero-order valence-electron chi connectivity index (χ0n) is 15.4. The van der Waals surface area contributed by atoms with Gasteiger partial charge in [-0.25, -0.2) is 0 Å². The predicted octanol–water partition coefficient (Wildman–Crippen LogP) is 1.29. The van der Waals surface area contributed by atoms with E-state index in [1.165, 1.54) is 0 Å². The summed E-state index contributed by atoms with van der Waals surface area (Å²) in [6.45, 7) is 1.59. The van der Waals surface area contributed by atoms with Crippen molar-refractivity contribution >= 4 is 17.5 Å². The summed E-state index contributed by atoms with van der Waals surface area (Å²) in [5.41, 5.74) is 0.701. The molecule has 8 nitrogen and oxygen atoms in total. The van der Waals surface area contributed by atoms with Crippen LogP contribution in [0.5, 0.6) is 5.75 Å². The van der Waals surface area contributed by atoms with Gasteiger partial charge in [0.25, 0.3) is 0 Å². The molecule has 142 valence electrons. The summed E-state index contributed by atoms with van der Waals surface area (Å²) in [4.78, 5) is 26.7. The van der Waals surface area contributed by atoms with Gasteiger partial charge in [0.05, 0.1) is 25.3 Å². The Morgan fingerprint density at radius 1 is 1.30 bits per heavy atom. The number of nitrogens with one attached hydrogen (secondary N) is 1. The Morgan fingerprint density at radius 3 is 3.00 bits per heavy atom. The third kappa shape index (κ3) is 3.39. The largest absolute Gasteiger partial charge is 0.495 e. The minimum absolute atomic E-state index is 0.0699. The summed E-state index contributed by atoms with van der Waals surface area (Å²) in [5.74, 6) is 1.81. The molecule has 0 aliphatic carbocycles. The van der Waals surface area contributed by atoms with E-state index in [1.807, 2.05) is 24.3 Å². The van der Waals surface area contributed by atoms with Crippen LogP contribution in [-0.4, -0.2) is 40.2 Å². The molecular formula is C19H23N5O3. The fourth-order valence-corrected chi connectivity index (χ4v) is 3.78. The van der Waals surface area contributed by atoms with Crippen LogP contribution >= 0.6 is 0 Å². The van der Waals surface area contributed by atoms with Gasteiger partial charge in [-0.3, -0.25) is 9.59 Å². The number of amides is 2. The van der Waals surface area contributed by atoms with E-state index >= 15 is 0 Å². The Bertz CT molecular complexity index is 863. The Hall–Kier alpha value is -2.90. The number of fused-ring (bicyclic) bond motifs is 1. The molecular weight excluding hydrogens is 346 g/mol. The summed E-state index contributed by atoms with van der Waals surface area (Å²) in [6.07, 6.45) is 3.37. The van der Waals surface area contributed by atoms with Gasteiger partial charge in [-0.1, -0.05) is 12.1 Å². The number of carbonyl (C=O) groups excluding carboxylic acids is 2. The second-order valence-electron chi connectivity index (χ2n) is 6.94. The highest BCUT2D eigenvalue weighted by Gasteiger charge is 2.36. The second-order valence-corrected chi connectivity index (χ2v) is 6.94. The molecule has 4 rings (SSSR count). The molecule has 8 heteroatoms. The maximum Gasteiger partial charge on any atom is 0.227 e. The second kappa shape index (κ2) is 7.38. The molecule has 2 aliphatic heterocycles. The topological polar surface area (TPSA) is 89.3 Å². The van der Waals surface area contributed by atoms with Crippen molar-refractivity contribution in [3.8, 4) is 5.75 Å². The van der Waals surface area contributed by atoms with Gasteiger partial charge in [-0.05, 0) is 25.0 Å². The van der Waals surface area contributed by atoms with Crippen LogP contribution < -0.4 is 15.0 Å². The molecule has 0 radical (unpaired) electrons. The number of methoxy groups -OCH3 is 1. The van der Waals surface area contributed by atoms with E-state index in [0.717, 1.165) is 37.5 Å². The van der Waals surface area contributed by atoms with Crippen LogP contribution in [0.4, 0.5) is 5.69 Å². The van der Waals surface area contributed by atoms with Crippen molar-refractivity contribution in [3.05, 3.63) is 35.9 Å². The Balaban J connectivity index is 1.40. The first-order valence-electron chi connectivity index (χ1n) is 9.29. The van der Waals surface area contributed by atoms with Gasteiger partial charge >= 0.3 is 0 Å². The molecule has 2 amide bonds. The van der Waals surface area contributed by atoms with Crippen LogP contribution in [0.1, 0.15) is 30.9 Å². The molecule has 0 bridgehead atoms. The van der Waals surface area contributed by atoms with Crippen LogP contribution in [0.3, 0.4) is 0 Å². The average Bonchev–Trinajstić information content (AvgIpc) is 3.29. The van der Waals surface area contributed by atoms with E-state index in [4.69, 9.17) is 4.74 Å². The molecule has 1 saturated heterocycles. The van der Waals surface area contributed by atoms with E-state index in [0.29, 0.717) is 24.5 Å². The number of para-hydroxylation sites is 2. The SMILES string of the molecule is COc1ccccc1N1C[C@@H](C(=O)NCc2nnc3n2CCCC3)CC1=O. The van der Waals surface area contributed by atoms with Gasteiger partial charge in [0.1, 0.15) is 11.6 Å². The fourth-order valence-electron chi connectivity index (χ4n) is 3.78. The van der Waals surface area contributed by atoms with E-state index < -0.39 is 0 Å². The highest BCUT2D eigenvalue weighted by molar-refractivity contribution is 6.01. The smallest absolute Gasteiger partial charge is 0.227 e. The molecule has 0 spiro atoms. The van der Waals surface area contributed by atoms with E-state index in [2.05, 4.69) is 20.1 Å². The third-order valence-electron chi connectivity index (χ3n) is 5.23. The minimum atomic E-state index is -0.383. The molecule has 1 fully saturated rings. The number of hydrogen-bond acceptors (Lipinski definition) is 5. The normalized spacial score (nSPS) is 19.1. The minimum Gasteiger partial charge on any atom is -0.495 e. The first-order valence-corrected chi connectivity index (χ1v) is 9.29. The first-order chi connectivity index (χ1) is 13.2. The summed E-state index contributed by atoms with van der Waals surface area (Å²) in [5, 5.41) is 11.3. The van der Waals surface area contributed by atoms with E-state index in [9.17, 15) is 9.59 Å². The first kappa shape index (κ1) is 17.5. The van der Waals surface area contributed by atoms with Crippen LogP contribution in [0.15, 0.2) is 24.3 Å². The number of carbonyl (C=O) groups is 2. The van der Waals surface area contributed by atoms with Gasteiger partial charge in [-0.15, -0.1) is 10.2 Å². The Morgan fingerprint density at radius 2 is 2.15 bits per heavy atom. The lowest BCUT2D eigenvalue weighted by Crippen LogP contribution is -2.33. The molecule has 1 aromatic heterocycles. The molecule has 27 heavy (non-hydrogen) atoms. The zero-order chi connectivity index (χ0) is 18.8. The van der Waals surface area contributed by atoms with Crippen LogP contribution in [0, 0.1) is 5.92 Å². The highest BCUT2D eigenvalue weighted by atomic mass is 16.5. The number of anilines is 1. The lowest BCUT2D eigenvalue weighted by atomic mass is 10.1. The number of aromatic nitrogens is 3. The van der Waals surface area contributed by atoms with Gasteiger partial charge in [-0.2, -0.15) is 0 Å². The van der Waals surface area contributed by atoms with Crippen molar-refractivity contribution in [2.45, 2.75) is 38.8 Å². The third-order valence-corrected chi connectivity index (χ3v) is 5.23. The van der Waals surface area contributed by atoms with Crippen LogP contribution in [0.25, 0.3) is 0 Å². The number of hydrogen-bond donors (Lipinski definition) is 1. The lowest BCUT2D eigenvalue weighted by Gasteiger charge is -2.19. The maximum absolute atomic E-state index is 12.6. The zero-order valence-corrected chi connectivity index (χ0v) is 15.4. The number of ether oxygens (including phenoxy) is 1. The van der Waals surface area contributed by atoms with Gasteiger partial charge in [0, 0.05) is 25.9 Å². The van der Waals surface area contributed by atoms with Crippen molar-refractivity contribution in [2.24, 2.45) is 5.92 Å². The standard InChI is InChI=1S/C19H23N5O3/c1-27-15-7-3-2-6-14(15)24-12-13(10-18(24)25)19(26)20-11-17-22-21-16-8-4-5-9-23(16)17/h2-3,6-7,13H,4-5,8-12H2,1H3,(H,20,26)/t13-/m0/s1. The molecule has 0 saturated carbocycles. The van der Waals surface area contributed by atoms with Gasteiger partial charge in [0.15, 0.2) is 5.82 Å². The lowest BCUT2D eigenvalue weighted by molar-refractivity contribution is -0.126. The summed E-state index contributed by atoms with van der Waals surface area (Å²) >= 11 is 0. The van der Waals surface area contributed by atoms with Crippen molar-refractivity contribution in [2.75, 3.05) is 18.6 Å². The number of nitrogens with zero attached hydrogens (tertiary/aromatic N) is 4. The van der Waals surface area contributed by atoms with Crippen molar-refractivity contribution in [3.63, 3.8) is 0 Å². The molecule has 1 atom stereocenters. The number of rotatable bonds is 5. The average molecular weight is 369 g/mol. The van der Waals surface area contributed by atoms with Gasteiger partial charge < -0.3 is 19.5 Å². The summed E-state index contributed by atoms with van der Waals surface area (Å²) in [6, 6.07) is 7.35. The van der Waals surface area contributed by atoms with Crippen molar-refractivity contribution in [1.82, 2.24) is 20.1 Å². The molecule has 2 aromatic rings. The molecule has 3 heterocycles. The molecule has 0 unspecified atom stereocenters. The fraction of sp³-hybridized carbons (Fsp3) is 0.474. The van der Waals surface area contributed by atoms with Gasteiger partial charge in [0.2, 0.25) is 11.8 Å².